The van der Waals surface area contributed by atoms with E-state index in [-0.39, 0.29) is 21.5 Å². The summed E-state index contributed by atoms with van der Waals surface area (Å²) in [7, 11) is 0. The molecule has 2 atom stereocenters. The number of carbonyl (C=O) groups is 4. The number of rotatable bonds is 5. The Bertz CT molecular complexity index is 1370. The molecule has 2 unspecified atom stereocenters. The van der Waals surface area contributed by atoms with Gasteiger partial charge in [0.2, 0.25) is 11.8 Å². The van der Waals surface area contributed by atoms with Gasteiger partial charge in [0.05, 0.1) is 4.11 Å². The molecule has 0 saturated carbocycles. The van der Waals surface area contributed by atoms with Gasteiger partial charge in [0.1, 0.15) is 6.02 Å². The highest BCUT2D eigenvalue weighted by molar-refractivity contribution is 6.30. The van der Waals surface area contributed by atoms with Gasteiger partial charge in [0.15, 0.2) is 2.82 Å². The molecule has 0 aliphatic carbocycles. The van der Waals surface area contributed by atoms with Crippen molar-refractivity contribution in [3.05, 3.63) is 69.7 Å². The topological polar surface area (TPSA) is 95.6 Å². The van der Waals surface area contributed by atoms with Gasteiger partial charge in [-0.2, -0.15) is 8.78 Å². The van der Waals surface area contributed by atoms with E-state index in [1.165, 1.54) is 0 Å². The maximum absolute atomic E-state index is 14.8. The summed E-state index contributed by atoms with van der Waals surface area (Å²) >= 11 is 5.68. The molecule has 2 aliphatic heterocycles. The van der Waals surface area contributed by atoms with Crippen LogP contribution in [0.3, 0.4) is 0 Å². The van der Waals surface area contributed by atoms with Crippen LogP contribution >= 0.6 is 11.6 Å². The first kappa shape index (κ1) is 15.5. The first-order valence-electron chi connectivity index (χ1n) is 12.2. The van der Waals surface area contributed by atoms with Crippen LogP contribution in [0.15, 0.2) is 42.5 Å². The summed E-state index contributed by atoms with van der Waals surface area (Å²) < 4.78 is 78.1. The molecule has 1 fully saturated rings. The van der Waals surface area contributed by atoms with Gasteiger partial charge in [-0.1, -0.05) is 35.9 Å². The van der Waals surface area contributed by atoms with Crippen molar-refractivity contribution >= 4 is 35.2 Å². The highest BCUT2D eigenvalue weighted by atomic mass is 35.5. The van der Waals surface area contributed by atoms with Crippen LogP contribution in [-0.2, 0) is 33.3 Å². The molecule has 10 heteroatoms. The van der Waals surface area contributed by atoms with E-state index in [1.807, 2.05) is 0 Å². The van der Waals surface area contributed by atoms with Gasteiger partial charge < -0.3 is 10.2 Å². The summed E-state index contributed by atoms with van der Waals surface area (Å²) in [4.78, 5) is 50.5. The predicted octanol–water partition coefficient (Wildman–Crippen LogP) is 2.51. The Labute approximate surface area is 195 Å². The average molecular weight is 468 g/mol. The fourth-order valence-electron chi connectivity index (χ4n) is 3.27. The van der Waals surface area contributed by atoms with Crippen LogP contribution in [-0.4, -0.2) is 34.5 Å². The molecule has 0 radical (unpaired) electrons. The standard InChI is InChI=1S/C22H18ClF2N3O4/c23-15-4-2-14(3-5-15)22(24,25)21(32)26-10-12-1-6-16-13(9-12)11-28(20(16)31)17-7-8-18(29)27-19(17)30/h1-6,9,17H,7-8,10-11H2,(H,26,32)(H,27,29,30)/i7D,10D2,17D/hD2. The molecule has 1 saturated heterocycles. The molecule has 0 aromatic heterocycles. The minimum absolute atomic E-state index is 0.0294. The van der Waals surface area contributed by atoms with E-state index >= 15 is 0 Å². The maximum atomic E-state index is 14.8. The maximum Gasteiger partial charge on any atom is 0.349 e. The number of imide groups is 1. The Kier molecular flexibility index (Phi) is 4.02. The molecule has 4 amide bonds. The molecule has 2 aromatic carbocycles. The molecule has 2 aliphatic rings. The zero-order valence-electron chi connectivity index (χ0n) is 22.1. The molecule has 7 nitrogen and oxygen atoms in total. The van der Waals surface area contributed by atoms with Crippen molar-refractivity contribution < 1.29 is 36.3 Å². The first-order valence-corrected chi connectivity index (χ1v) is 9.63. The molecule has 32 heavy (non-hydrogen) atoms. The van der Waals surface area contributed by atoms with Gasteiger partial charge in [-0.05, 0) is 35.7 Å². The third-order valence-corrected chi connectivity index (χ3v) is 5.13. The van der Waals surface area contributed by atoms with E-state index < -0.39 is 77.9 Å². The lowest BCUT2D eigenvalue weighted by molar-refractivity contribution is -0.147. The van der Waals surface area contributed by atoms with Crippen LogP contribution in [0.1, 0.15) is 45.3 Å². The van der Waals surface area contributed by atoms with Crippen molar-refractivity contribution in [2.45, 2.75) is 37.8 Å². The lowest BCUT2D eigenvalue weighted by atomic mass is 10.0. The van der Waals surface area contributed by atoms with Crippen molar-refractivity contribution in [2.75, 3.05) is 0 Å². The number of alkyl halides is 2. The van der Waals surface area contributed by atoms with Crippen LogP contribution in [0.4, 0.5) is 8.78 Å². The lowest BCUT2D eigenvalue weighted by Crippen LogP contribution is -2.52. The van der Waals surface area contributed by atoms with E-state index in [4.69, 9.17) is 19.9 Å². The quantitative estimate of drug-likeness (QED) is 0.660. The number of nitrogens with one attached hydrogen (secondary N) is 2. The molecule has 2 aromatic rings. The largest absolute Gasteiger partial charge is 0.349 e. The number of amides is 4. The zero-order chi connectivity index (χ0) is 28.4. The van der Waals surface area contributed by atoms with Gasteiger partial charge in [0.25, 0.3) is 11.8 Å². The number of benzene rings is 2. The SMILES string of the molecule is [2H]C1CC(=O)N([2H])C(=O)C1([2H])N1Cc2cc(C([2H])([2H])N([2H])C(=O)C(F)(F)c3ccc(Cl)cc3)ccc2C1=O. The van der Waals surface area contributed by atoms with Gasteiger partial charge in [-0.3, -0.25) is 24.5 Å². The fraction of sp³-hybridized carbons (Fsp3) is 0.273. The van der Waals surface area contributed by atoms with Crippen LogP contribution < -0.4 is 10.6 Å². The number of nitrogens with zero attached hydrogens (tertiary/aromatic N) is 1. The molecule has 0 bridgehead atoms. The summed E-state index contributed by atoms with van der Waals surface area (Å²) in [5.41, 5.74) is -1.32. The molecule has 4 rings (SSSR count). The third kappa shape index (κ3) is 4.08. The highest BCUT2D eigenvalue weighted by Crippen LogP contribution is 2.30. The minimum atomic E-state index is -4.27. The summed E-state index contributed by atoms with van der Waals surface area (Å²) in [5.74, 6) is -9.75. The van der Waals surface area contributed by atoms with Crippen molar-refractivity contribution in [1.29, 1.82) is 0 Å². The summed E-state index contributed by atoms with van der Waals surface area (Å²) in [5, 5.41) is -0.472. The second kappa shape index (κ2) is 8.31. The van der Waals surface area contributed by atoms with Crippen molar-refractivity contribution in [3.63, 3.8) is 0 Å². The van der Waals surface area contributed by atoms with Crippen LogP contribution in [0.2, 0.25) is 7.85 Å². The molecular weight excluding hydrogens is 444 g/mol. The molecular formula is C22H18ClF2N3O4. The Balaban J connectivity index is 1.63. The summed E-state index contributed by atoms with van der Waals surface area (Å²) in [6, 6.07) is 4.44. The fourth-order valence-corrected chi connectivity index (χ4v) is 3.39. The number of carbonyl (C=O) groups excluding carboxylic acids is 4. The second-order valence-electron chi connectivity index (χ2n) is 6.98. The van der Waals surface area contributed by atoms with Crippen molar-refractivity contribution in [2.24, 2.45) is 0 Å². The van der Waals surface area contributed by atoms with E-state index in [1.54, 1.807) is 0 Å². The highest BCUT2D eigenvalue weighted by Gasteiger charge is 2.41. The number of piperidine rings is 1. The van der Waals surface area contributed by atoms with E-state index in [0.29, 0.717) is 4.90 Å². The number of hydrogen-bond acceptors (Lipinski definition) is 4. The number of fused-ring (bicyclic) bond motifs is 1. The normalized spacial score (nSPS) is 26.5. The van der Waals surface area contributed by atoms with Gasteiger partial charge in [-0.15, -0.1) is 0 Å². The second-order valence-corrected chi connectivity index (χ2v) is 7.41. The van der Waals surface area contributed by atoms with Crippen LogP contribution in [0.5, 0.6) is 0 Å². The Hall–Kier alpha value is -3.33. The minimum Gasteiger partial charge on any atom is -0.346 e. The molecule has 166 valence electrons. The Morgan fingerprint density at radius 1 is 1.34 bits per heavy atom. The van der Waals surface area contributed by atoms with E-state index in [9.17, 15) is 28.0 Å². The number of halogens is 3. The average Bonchev–Trinajstić information content (AvgIpc) is 3.21. The molecule has 0 spiro atoms. The summed E-state index contributed by atoms with van der Waals surface area (Å²) in [6.07, 6.45) is -2.37. The van der Waals surface area contributed by atoms with E-state index in [2.05, 4.69) is 0 Å². The third-order valence-electron chi connectivity index (χ3n) is 4.88. The van der Waals surface area contributed by atoms with Gasteiger partial charge >= 0.3 is 5.92 Å². The van der Waals surface area contributed by atoms with E-state index in [0.717, 1.165) is 42.5 Å². The molecule has 2 N–H and O–H groups in total. The molecule has 2 heterocycles. The smallest absolute Gasteiger partial charge is 0.346 e. The van der Waals surface area contributed by atoms with Crippen LogP contribution in [0, 0.1) is 0 Å². The van der Waals surface area contributed by atoms with Crippen molar-refractivity contribution in [1.82, 2.24) is 15.5 Å². The predicted molar refractivity (Wildman–Crippen MR) is 110 cm³/mol. The Morgan fingerprint density at radius 2 is 2.06 bits per heavy atom. The monoisotopic (exact) mass is 467 g/mol. The number of hydrogen-bond donors (Lipinski definition) is 2. The van der Waals surface area contributed by atoms with Gasteiger partial charge in [0, 0.05) is 37.0 Å². The van der Waals surface area contributed by atoms with Crippen LogP contribution in [0.25, 0.3) is 0 Å². The summed E-state index contributed by atoms with van der Waals surface area (Å²) in [6.45, 7) is -3.61. The Morgan fingerprint density at radius 3 is 2.78 bits per heavy atom. The first-order chi connectivity index (χ1) is 17.5. The zero-order valence-corrected chi connectivity index (χ0v) is 16.9. The lowest BCUT2D eigenvalue weighted by Gasteiger charge is -2.29. The van der Waals surface area contributed by atoms with Gasteiger partial charge in [-0.25, -0.2) is 0 Å². The van der Waals surface area contributed by atoms with Crippen molar-refractivity contribution in [3.8, 4) is 0 Å².